The maximum atomic E-state index is 6.42. The van der Waals surface area contributed by atoms with Gasteiger partial charge in [-0.15, -0.1) is 0 Å². The first-order valence-electron chi connectivity index (χ1n) is 23.3. The summed E-state index contributed by atoms with van der Waals surface area (Å²) in [6, 6.07) is 7.19. The SMILES string of the molecule is CCCCCCCCCCCCCCOc1c[c]cc(OCCCCCCCCCCCCCC)c1OCCCCCCCCCCCCCC. The molecule has 3 heteroatoms. The predicted octanol–water partition coefficient (Wildman–Crippen LogP) is 16.7. The molecule has 0 fully saturated rings. The maximum Gasteiger partial charge on any atom is 0.203 e. The first kappa shape index (κ1) is 47.6. The Morgan fingerprint density at radius 2 is 0.510 bits per heavy atom. The van der Waals surface area contributed by atoms with Crippen molar-refractivity contribution in [2.75, 3.05) is 19.8 Å². The smallest absolute Gasteiger partial charge is 0.203 e. The highest BCUT2D eigenvalue weighted by molar-refractivity contribution is 5.50. The van der Waals surface area contributed by atoms with Gasteiger partial charge in [-0.1, -0.05) is 233 Å². The van der Waals surface area contributed by atoms with Gasteiger partial charge in [0.25, 0.3) is 0 Å². The lowest BCUT2D eigenvalue weighted by molar-refractivity contribution is 0.234. The van der Waals surface area contributed by atoms with Crippen molar-refractivity contribution in [2.45, 2.75) is 252 Å². The predicted molar refractivity (Wildman–Crippen MR) is 225 cm³/mol. The summed E-state index contributed by atoms with van der Waals surface area (Å²) in [7, 11) is 0. The van der Waals surface area contributed by atoms with Gasteiger partial charge in [0, 0.05) is 0 Å². The number of hydrogen-bond donors (Lipinski definition) is 0. The van der Waals surface area contributed by atoms with E-state index in [0.29, 0.717) is 0 Å². The highest BCUT2D eigenvalue weighted by Gasteiger charge is 2.13. The van der Waals surface area contributed by atoms with Gasteiger partial charge in [-0.05, 0) is 37.5 Å². The Bertz CT molecular complexity index is 759. The minimum atomic E-state index is 0.728. The summed E-state index contributed by atoms with van der Waals surface area (Å²) in [5.41, 5.74) is 0. The normalized spacial score (nSPS) is 11.4. The van der Waals surface area contributed by atoms with Crippen LogP contribution in [0.3, 0.4) is 0 Å². The van der Waals surface area contributed by atoms with Crippen LogP contribution in [-0.2, 0) is 0 Å². The molecule has 0 heterocycles. The molecule has 0 amide bonds. The summed E-state index contributed by atoms with van der Waals surface area (Å²) in [5.74, 6) is 2.42. The molecule has 299 valence electrons. The lowest BCUT2D eigenvalue weighted by atomic mass is 10.1. The van der Waals surface area contributed by atoms with Gasteiger partial charge in [-0.25, -0.2) is 0 Å². The van der Waals surface area contributed by atoms with E-state index >= 15 is 0 Å². The maximum absolute atomic E-state index is 6.42. The standard InChI is InChI=1S/C48H89O3/c1-4-7-10-13-16-19-22-25-28-31-34-37-43-49-46-41-40-42-47(50-44-38-35-32-29-26-23-20-17-14-11-8-5-2)48(46)51-45-39-36-33-30-27-24-21-18-15-12-9-6-3/h41-42H,4-39,43-45H2,1-3H3. The number of hydrogen-bond acceptors (Lipinski definition) is 3. The van der Waals surface area contributed by atoms with Gasteiger partial charge in [0.05, 0.1) is 19.8 Å². The molecule has 1 radical (unpaired) electrons. The number of unbranched alkanes of at least 4 members (excludes halogenated alkanes) is 33. The van der Waals surface area contributed by atoms with E-state index in [2.05, 4.69) is 26.8 Å². The molecule has 1 aromatic carbocycles. The van der Waals surface area contributed by atoms with Crippen LogP contribution in [0.2, 0.25) is 0 Å². The van der Waals surface area contributed by atoms with Crippen molar-refractivity contribution in [3.05, 3.63) is 18.2 Å². The van der Waals surface area contributed by atoms with Crippen LogP contribution in [0.25, 0.3) is 0 Å². The van der Waals surface area contributed by atoms with E-state index in [-0.39, 0.29) is 0 Å². The minimum Gasteiger partial charge on any atom is -0.490 e. The second kappa shape index (κ2) is 39.8. The zero-order chi connectivity index (χ0) is 36.6. The van der Waals surface area contributed by atoms with Crippen LogP contribution in [0, 0.1) is 6.07 Å². The quantitative estimate of drug-likeness (QED) is 0.0631. The summed E-state index contributed by atoms with van der Waals surface area (Å²) in [4.78, 5) is 0. The Balaban J connectivity index is 2.35. The summed E-state index contributed by atoms with van der Waals surface area (Å²) in [5, 5.41) is 0. The van der Waals surface area contributed by atoms with Crippen molar-refractivity contribution in [3.63, 3.8) is 0 Å². The average Bonchev–Trinajstić information content (AvgIpc) is 3.14. The van der Waals surface area contributed by atoms with Gasteiger partial charge >= 0.3 is 0 Å². The van der Waals surface area contributed by atoms with Crippen LogP contribution >= 0.6 is 0 Å². The molecule has 0 bridgehead atoms. The minimum absolute atomic E-state index is 0.728. The topological polar surface area (TPSA) is 27.7 Å². The van der Waals surface area contributed by atoms with E-state index in [1.807, 2.05) is 12.1 Å². The fourth-order valence-corrected chi connectivity index (χ4v) is 7.17. The molecular weight excluding hydrogens is 625 g/mol. The first-order chi connectivity index (χ1) is 25.3. The molecule has 1 aromatic rings. The Kier molecular flexibility index (Phi) is 37.2. The van der Waals surface area contributed by atoms with E-state index in [0.717, 1.165) is 56.3 Å². The number of ether oxygens (including phenoxy) is 3. The van der Waals surface area contributed by atoms with Gasteiger partial charge in [-0.3, -0.25) is 0 Å². The zero-order valence-electron chi connectivity index (χ0n) is 35.0. The van der Waals surface area contributed by atoms with Gasteiger partial charge < -0.3 is 14.2 Å². The number of benzene rings is 1. The molecule has 1 rings (SSSR count). The van der Waals surface area contributed by atoms with Crippen LogP contribution in [0.15, 0.2) is 12.1 Å². The summed E-state index contributed by atoms with van der Waals surface area (Å²) in [6.45, 7) is 9.09. The van der Waals surface area contributed by atoms with Crippen molar-refractivity contribution < 1.29 is 14.2 Å². The highest BCUT2D eigenvalue weighted by Crippen LogP contribution is 2.37. The lowest BCUT2D eigenvalue weighted by Crippen LogP contribution is -2.06. The zero-order valence-corrected chi connectivity index (χ0v) is 35.0. The average molecular weight is 714 g/mol. The molecule has 0 aliphatic carbocycles. The molecule has 0 aliphatic heterocycles. The molecule has 0 N–H and O–H groups in total. The monoisotopic (exact) mass is 714 g/mol. The lowest BCUT2D eigenvalue weighted by Gasteiger charge is -2.17. The largest absolute Gasteiger partial charge is 0.490 e. The highest BCUT2D eigenvalue weighted by atomic mass is 16.5. The molecule has 0 atom stereocenters. The third-order valence-electron chi connectivity index (χ3n) is 10.6. The van der Waals surface area contributed by atoms with Crippen molar-refractivity contribution in [1.82, 2.24) is 0 Å². The van der Waals surface area contributed by atoms with E-state index in [4.69, 9.17) is 14.2 Å². The third kappa shape index (κ3) is 31.8. The van der Waals surface area contributed by atoms with E-state index in [1.165, 1.54) is 212 Å². The first-order valence-corrected chi connectivity index (χ1v) is 23.3. The van der Waals surface area contributed by atoms with Gasteiger partial charge in [0.2, 0.25) is 5.75 Å². The molecule has 3 nitrogen and oxygen atoms in total. The summed E-state index contributed by atoms with van der Waals surface area (Å²) >= 11 is 0. The van der Waals surface area contributed by atoms with Gasteiger partial charge in [0.15, 0.2) is 11.5 Å². The second-order valence-corrected chi connectivity index (χ2v) is 15.7. The summed E-state index contributed by atoms with van der Waals surface area (Å²) < 4.78 is 19.1. The van der Waals surface area contributed by atoms with Crippen LogP contribution in [0.5, 0.6) is 17.2 Å². The fraction of sp³-hybridized carbons (Fsp3) is 0.875. The fourth-order valence-electron chi connectivity index (χ4n) is 7.17. The molecule has 0 aliphatic rings. The van der Waals surface area contributed by atoms with Crippen molar-refractivity contribution in [1.29, 1.82) is 0 Å². The van der Waals surface area contributed by atoms with Gasteiger partial charge in [-0.2, -0.15) is 0 Å². The van der Waals surface area contributed by atoms with Crippen LogP contribution in [0.4, 0.5) is 0 Å². The molecule has 0 unspecified atom stereocenters. The van der Waals surface area contributed by atoms with Crippen molar-refractivity contribution in [3.8, 4) is 17.2 Å². The van der Waals surface area contributed by atoms with E-state index in [9.17, 15) is 0 Å². The molecule has 0 aromatic heterocycles. The molecule has 0 saturated heterocycles. The van der Waals surface area contributed by atoms with Crippen LogP contribution in [-0.4, -0.2) is 19.8 Å². The second-order valence-electron chi connectivity index (χ2n) is 15.7. The molecule has 0 saturated carbocycles. The Morgan fingerprint density at radius 3 is 0.765 bits per heavy atom. The Labute approximate surface area is 320 Å². The third-order valence-corrected chi connectivity index (χ3v) is 10.6. The van der Waals surface area contributed by atoms with E-state index in [1.54, 1.807) is 0 Å². The Morgan fingerprint density at radius 1 is 0.294 bits per heavy atom. The van der Waals surface area contributed by atoms with Gasteiger partial charge in [0.1, 0.15) is 0 Å². The van der Waals surface area contributed by atoms with Crippen molar-refractivity contribution >= 4 is 0 Å². The van der Waals surface area contributed by atoms with Crippen LogP contribution in [0.1, 0.15) is 252 Å². The summed E-state index contributed by atoms with van der Waals surface area (Å²) in [6.07, 6.45) is 48.7. The van der Waals surface area contributed by atoms with Crippen molar-refractivity contribution in [2.24, 2.45) is 0 Å². The molecule has 0 spiro atoms. The molecular formula is C48H89O3. The van der Waals surface area contributed by atoms with Crippen LogP contribution < -0.4 is 14.2 Å². The number of rotatable bonds is 42. The van der Waals surface area contributed by atoms with E-state index < -0.39 is 0 Å². The Hall–Kier alpha value is -1.38. The molecule has 51 heavy (non-hydrogen) atoms.